The fourth-order valence-corrected chi connectivity index (χ4v) is 3.50. The standard InChI is InChI=1S/C23H16N2O3S/c26-19-13-7-8-16(14-19)15-20-21(27)24(17-9-3-1-4-10-17)23(29)25(22(20)28)18-11-5-2-6-12-18/h1-15,26H. The second kappa shape index (κ2) is 7.69. The van der Waals surface area contributed by atoms with Crippen LogP contribution in [-0.4, -0.2) is 22.0 Å². The lowest BCUT2D eigenvalue weighted by Crippen LogP contribution is -2.56. The van der Waals surface area contributed by atoms with Crippen molar-refractivity contribution in [1.29, 1.82) is 0 Å². The Morgan fingerprint density at radius 2 is 1.24 bits per heavy atom. The van der Waals surface area contributed by atoms with Gasteiger partial charge in [-0.2, -0.15) is 0 Å². The van der Waals surface area contributed by atoms with E-state index < -0.39 is 11.8 Å². The maximum atomic E-state index is 13.3. The topological polar surface area (TPSA) is 60.9 Å². The number of thiocarbonyl (C=S) groups is 1. The summed E-state index contributed by atoms with van der Waals surface area (Å²) in [5.41, 5.74) is 1.63. The molecule has 1 fully saturated rings. The number of rotatable bonds is 3. The van der Waals surface area contributed by atoms with E-state index in [0.29, 0.717) is 16.9 Å². The van der Waals surface area contributed by atoms with Crippen LogP contribution in [0.15, 0.2) is 90.5 Å². The lowest BCUT2D eigenvalue weighted by molar-refractivity contribution is -0.120. The molecule has 142 valence electrons. The van der Waals surface area contributed by atoms with Crippen LogP contribution in [0.2, 0.25) is 0 Å². The molecular weight excluding hydrogens is 384 g/mol. The Labute approximate surface area is 173 Å². The molecule has 1 aliphatic rings. The van der Waals surface area contributed by atoms with Crippen molar-refractivity contribution < 1.29 is 14.7 Å². The first-order valence-corrected chi connectivity index (χ1v) is 9.31. The number of carbonyl (C=O) groups is 2. The van der Waals surface area contributed by atoms with Gasteiger partial charge in [0.1, 0.15) is 11.3 Å². The van der Waals surface area contributed by atoms with Crippen LogP contribution in [-0.2, 0) is 9.59 Å². The lowest BCUT2D eigenvalue weighted by Gasteiger charge is -2.36. The summed E-state index contributed by atoms with van der Waals surface area (Å²) in [6, 6.07) is 24.3. The predicted molar refractivity (Wildman–Crippen MR) is 117 cm³/mol. The van der Waals surface area contributed by atoms with Gasteiger partial charge in [0.2, 0.25) is 0 Å². The van der Waals surface area contributed by atoms with Gasteiger partial charge in [0, 0.05) is 0 Å². The molecule has 0 saturated carbocycles. The molecule has 1 aliphatic heterocycles. The zero-order valence-electron chi connectivity index (χ0n) is 15.2. The van der Waals surface area contributed by atoms with Crippen LogP contribution < -0.4 is 9.80 Å². The summed E-state index contributed by atoms with van der Waals surface area (Å²) in [6.07, 6.45) is 1.47. The molecule has 0 unspecified atom stereocenters. The molecule has 0 aliphatic carbocycles. The molecule has 4 rings (SSSR count). The van der Waals surface area contributed by atoms with E-state index in [9.17, 15) is 14.7 Å². The zero-order chi connectivity index (χ0) is 20.4. The average molecular weight is 400 g/mol. The summed E-state index contributed by atoms with van der Waals surface area (Å²) in [6.45, 7) is 0. The van der Waals surface area contributed by atoms with E-state index >= 15 is 0 Å². The van der Waals surface area contributed by atoms with Crippen LogP contribution in [0.25, 0.3) is 6.08 Å². The Hall–Kier alpha value is -3.77. The number of anilines is 2. The number of phenols is 1. The molecule has 0 radical (unpaired) electrons. The Bertz CT molecular complexity index is 1060. The van der Waals surface area contributed by atoms with Crippen LogP contribution >= 0.6 is 12.2 Å². The normalized spacial score (nSPS) is 14.3. The minimum absolute atomic E-state index is 0.0445. The van der Waals surface area contributed by atoms with Gasteiger partial charge in [-0.1, -0.05) is 48.5 Å². The third-order valence-electron chi connectivity index (χ3n) is 4.46. The average Bonchev–Trinajstić information content (AvgIpc) is 2.73. The van der Waals surface area contributed by atoms with Crippen LogP contribution in [0.1, 0.15) is 5.56 Å². The van der Waals surface area contributed by atoms with Gasteiger partial charge in [-0.15, -0.1) is 0 Å². The molecule has 0 atom stereocenters. The van der Waals surface area contributed by atoms with Gasteiger partial charge in [0.05, 0.1) is 11.4 Å². The maximum Gasteiger partial charge on any atom is 0.270 e. The molecule has 1 N–H and O–H groups in total. The number of phenolic OH excluding ortho intramolecular Hbond substituents is 1. The van der Waals surface area contributed by atoms with Crippen molar-refractivity contribution in [3.63, 3.8) is 0 Å². The Balaban J connectivity index is 1.87. The van der Waals surface area contributed by atoms with Crippen LogP contribution in [0.5, 0.6) is 5.75 Å². The van der Waals surface area contributed by atoms with E-state index in [4.69, 9.17) is 12.2 Å². The van der Waals surface area contributed by atoms with Crippen molar-refractivity contribution in [1.82, 2.24) is 0 Å². The van der Waals surface area contributed by atoms with Gasteiger partial charge in [-0.05, 0) is 60.3 Å². The van der Waals surface area contributed by atoms with Crippen molar-refractivity contribution in [2.45, 2.75) is 0 Å². The van der Waals surface area contributed by atoms with Gasteiger partial charge in [-0.25, -0.2) is 0 Å². The van der Waals surface area contributed by atoms with E-state index in [2.05, 4.69) is 0 Å². The fourth-order valence-electron chi connectivity index (χ4n) is 3.12. The molecule has 0 aromatic heterocycles. The number of nitrogens with zero attached hydrogens (tertiary/aromatic N) is 2. The number of hydrogen-bond donors (Lipinski definition) is 1. The minimum atomic E-state index is -0.512. The maximum absolute atomic E-state index is 13.3. The van der Waals surface area contributed by atoms with Crippen LogP contribution in [0.4, 0.5) is 11.4 Å². The SMILES string of the molecule is O=C1C(=Cc2cccc(O)c2)C(=O)N(c2ccccc2)C(=S)N1c1ccccc1. The molecule has 1 saturated heterocycles. The quantitative estimate of drug-likeness (QED) is 0.408. The summed E-state index contributed by atoms with van der Waals surface area (Å²) in [4.78, 5) is 29.2. The monoisotopic (exact) mass is 400 g/mol. The number of benzene rings is 3. The van der Waals surface area contributed by atoms with Crippen LogP contribution in [0.3, 0.4) is 0 Å². The molecule has 29 heavy (non-hydrogen) atoms. The van der Waals surface area contributed by atoms with Gasteiger partial charge in [0.25, 0.3) is 11.8 Å². The van der Waals surface area contributed by atoms with Crippen LogP contribution in [0, 0.1) is 0 Å². The highest BCUT2D eigenvalue weighted by atomic mass is 32.1. The third-order valence-corrected chi connectivity index (χ3v) is 4.82. The first-order valence-electron chi connectivity index (χ1n) is 8.90. The number of amides is 2. The van der Waals surface area contributed by atoms with E-state index in [1.807, 2.05) is 12.1 Å². The molecule has 5 nitrogen and oxygen atoms in total. The van der Waals surface area contributed by atoms with Gasteiger partial charge in [0.15, 0.2) is 5.11 Å². The number of para-hydroxylation sites is 2. The second-order valence-electron chi connectivity index (χ2n) is 6.39. The molecule has 6 heteroatoms. The van der Waals surface area contributed by atoms with Crippen molar-refractivity contribution in [2.75, 3.05) is 9.80 Å². The molecule has 3 aromatic carbocycles. The van der Waals surface area contributed by atoms with Gasteiger partial charge < -0.3 is 5.11 Å². The molecule has 3 aromatic rings. The second-order valence-corrected chi connectivity index (χ2v) is 6.75. The summed E-state index contributed by atoms with van der Waals surface area (Å²) in [5, 5.41) is 9.82. The molecule has 2 amide bonds. The minimum Gasteiger partial charge on any atom is -0.508 e. The Kier molecular flexibility index (Phi) is 4.93. The van der Waals surface area contributed by atoms with Crippen molar-refractivity contribution >= 4 is 46.6 Å². The first-order chi connectivity index (χ1) is 14.1. The van der Waals surface area contributed by atoms with Crippen molar-refractivity contribution in [3.05, 3.63) is 96.1 Å². The third kappa shape index (κ3) is 3.53. The first kappa shape index (κ1) is 18.6. The van der Waals surface area contributed by atoms with Gasteiger partial charge >= 0.3 is 0 Å². The molecule has 0 spiro atoms. The predicted octanol–water partition coefficient (Wildman–Crippen LogP) is 4.14. The highest BCUT2D eigenvalue weighted by Gasteiger charge is 2.41. The lowest BCUT2D eigenvalue weighted by atomic mass is 10.0. The largest absolute Gasteiger partial charge is 0.508 e. The van der Waals surface area contributed by atoms with E-state index in [0.717, 1.165) is 0 Å². The molecular formula is C23H16N2O3S. The number of carbonyl (C=O) groups excluding carboxylic acids is 2. The Morgan fingerprint density at radius 1 is 0.724 bits per heavy atom. The smallest absolute Gasteiger partial charge is 0.270 e. The summed E-state index contributed by atoms with van der Waals surface area (Å²) in [7, 11) is 0. The number of aromatic hydroxyl groups is 1. The van der Waals surface area contributed by atoms with E-state index in [1.165, 1.54) is 28.0 Å². The fraction of sp³-hybridized carbons (Fsp3) is 0. The molecule has 1 heterocycles. The van der Waals surface area contributed by atoms with E-state index in [1.54, 1.807) is 60.7 Å². The summed E-state index contributed by atoms with van der Waals surface area (Å²) < 4.78 is 0. The zero-order valence-corrected chi connectivity index (χ0v) is 16.0. The van der Waals surface area contributed by atoms with Crippen molar-refractivity contribution in [2.24, 2.45) is 0 Å². The summed E-state index contributed by atoms with van der Waals surface area (Å²) >= 11 is 5.55. The Morgan fingerprint density at radius 3 is 1.72 bits per heavy atom. The summed E-state index contributed by atoms with van der Waals surface area (Å²) in [5.74, 6) is -0.978. The highest BCUT2D eigenvalue weighted by Crippen LogP contribution is 2.29. The molecule has 0 bridgehead atoms. The van der Waals surface area contributed by atoms with Crippen molar-refractivity contribution in [3.8, 4) is 5.75 Å². The van der Waals surface area contributed by atoms with E-state index in [-0.39, 0.29) is 16.4 Å². The van der Waals surface area contributed by atoms with Gasteiger partial charge in [-0.3, -0.25) is 19.4 Å². The highest BCUT2D eigenvalue weighted by molar-refractivity contribution is 7.81. The number of hydrogen-bond acceptors (Lipinski definition) is 4.